The van der Waals surface area contributed by atoms with Crippen LogP contribution in [0, 0.1) is 5.92 Å². The third kappa shape index (κ3) is 3.21. The van der Waals surface area contributed by atoms with E-state index in [4.69, 9.17) is 4.74 Å². The highest BCUT2D eigenvalue weighted by Crippen LogP contribution is 2.19. The summed E-state index contributed by atoms with van der Waals surface area (Å²) in [4.78, 5) is 0. The molecule has 1 N–H and O–H groups in total. The van der Waals surface area contributed by atoms with E-state index in [1.807, 2.05) is 7.05 Å². The maximum Gasteiger partial charge on any atom is 0.0468 e. The van der Waals surface area contributed by atoms with Gasteiger partial charge in [0.05, 0.1) is 0 Å². The molecule has 1 aliphatic heterocycles. The van der Waals surface area contributed by atoms with Crippen molar-refractivity contribution in [3.05, 3.63) is 0 Å². The molecule has 1 aliphatic rings. The zero-order valence-electron chi connectivity index (χ0n) is 7.60. The fourth-order valence-corrected chi connectivity index (χ4v) is 1.60. The summed E-state index contributed by atoms with van der Waals surface area (Å²) >= 11 is 0. The Balaban J connectivity index is 2.13. The lowest BCUT2D eigenvalue weighted by molar-refractivity contribution is 0.0614. The topological polar surface area (TPSA) is 21.3 Å². The minimum Gasteiger partial charge on any atom is -0.381 e. The van der Waals surface area contributed by atoms with Gasteiger partial charge in [-0.2, -0.15) is 0 Å². The minimum atomic E-state index is 0.665. The molecule has 0 amide bonds. The van der Waals surface area contributed by atoms with Crippen LogP contribution in [0.3, 0.4) is 0 Å². The van der Waals surface area contributed by atoms with Crippen LogP contribution >= 0.6 is 0 Å². The van der Waals surface area contributed by atoms with E-state index in [2.05, 4.69) is 12.2 Å². The lowest BCUT2D eigenvalue weighted by atomic mass is 9.93. The second-order valence-electron chi connectivity index (χ2n) is 3.48. The maximum absolute atomic E-state index is 5.29. The van der Waals surface area contributed by atoms with Gasteiger partial charge >= 0.3 is 0 Å². The zero-order chi connectivity index (χ0) is 8.10. The SMILES string of the molecule is CN[C@@H](C)CC1CCOCC1. The van der Waals surface area contributed by atoms with E-state index in [1.54, 1.807) is 0 Å². The molecule has 0 unspecified atom stereocenters. The van der Waals surface area contributed by atoms with E-state index < -0.39 is 0 Å². The molecule has 0 aromatic rings. The molecule has 1 atom stereocenters. The summed E-state index contributed by atoms with van der Waals surface area (Å²) in [7, 11) is 2.03. The number of hydrogen-bond donors (Lipinski definition) is 1. The molecule has 0 aromatic carbocycles. The molecule has 1 heterocycles. The second-order valence-corrected chi connectivity index (χ2v) is 3.48. The molecular weight excluding hydrogens is 138 g/mol. The smallest absolute Gasteiger partial charge is 0.0468 e. The van der Waals surface area contributed by atoms with Gasteiger partial charge in [0.1, 0.15) is 0 Å². The molecule has 2 nitrogen and oxygen atoms in total. The summed E-state index contributed by atoms with van der Waals surface area (Å²) in [5.74, 6) is 0.895. The lowest BCUT2D eigenvalue weighted by Gasteiger charge is -2.24. The van der Waals surface area contributed by atoms with Crippen LogP contribution in [0.1, 0.15) is 26.2 Å². The van der Waals surface area contributed by atoms with Crippen LogP contribution in [0.25, 0.3) is 0 Å². The van der Waals surface area contributed by atoms with E-state index in [-0.39, 0.29) is 0 Å². The normalized spacial score (nSPS) is 23.5. The van der Waals surface area contributed by atoms with Crippen molar-refractivity contribution in [2.24, 2.45) is 5.92 Å². The average Bonchev–Trinajstić information content (AvgIpc) is 2.06. The van der Waals surface area contributed by atoms with E-state index >= 15 is 0 Å². The van der Waals surface area contributed by atoms with Crippen LogP contribution in [0.5, 0.6) is 0 Å². The first-order chi connectivity index (χ1) is 5.33. The van der Waals surface area contributed by atoms with E-state index in [1.165, 1.54) is 19.3 Å². The Morgan fingerprint density at radius 2 is 2.09 bits per heavy atom. The van der Waals surface area contributed by atoms with Crippen LogP contribution in [0.4, 0.5) is 0 Å². The van der Waals surface area contributed by atoms with Crippen molar-refractivity contribution in [1.29, 1.82) is 0 Å². The first-order valence-electron chi connectivity index (χ1n) is 4.58. The van der Waals surface area contributed by atoms with Gasteiger partial charge in [-0.3, -0.25) is 0 Å². The predicted molar refractivity (Wildman–Crippen MR) is 46.7 cm³/mol. The van der Waals surface area contributed by atoms with Gasteiger partial charge in [0.25, 0.3) is 0 Å². The molecule has 2 heteroatoms. The highest BCUT2D eigenvalue weighted by molar-refractivity contribution is 4.68. The monoisotopic (exact) mass is 157 g/mol. The van der Waals surface area contributed by atoms with Crippen molar-refractivity contribution in [3.63, 3.8) is 0 Å². The highest BCUT2D eigenvalue weighted by Gasteiger charge is 2.15. The number of ether oxygens (including phenoxy) is 1. The van der Waals surface area contributed by atoms with Gasteiger partial charge in [0, 0.05) is 19.3 Å². The standard InChI is InChI=1S/C9H19NO/c1-8(10-2)7-9-3-5-11-6-4-9/h8-10H,3-7H2,1-2H3/t8-/m0/s1. The lowest BCUT2D eigenvalue weighted by Crippen LogP contribution is -2.27. The maximum atomic E-state index is 5.29. The molecule has 0 aliphatic carbocycles. The Morgan fingerprint density at radius 1 is 1.45 bits per heavy atom. The molecule has 1 rings (SSSR count). The molecule has 0 aromatic heterocycles. The molecule has 0 spiro atoms. The quantitative estimate of drug-likeness (QED) is 0.669. The van der Waals surface area contributed by atoms with Gasteiger partial charge in [-0.15, -0.1) is 0 Å². The number of hydrogen-bond acceptors (Lipinski definition) is 2. The van der Waals surface area contributed by atoms with Crippen molar-refractivity contribution < 1.29 is 4.74 Å². The Bertz CT molecular complexity index is 99.7. The van der Waals surface area contributed by atoms with Crippen LogP contribution in [0.15, 0.2) is 0 Å². The van der Waals surface area contributed by atoms with Crippen LogP contribution in [-0.4, -0.2) is 26.3 Å². The van der Waals surface area contributed by atoms with E-state index in [0.29, 0.717) is 6.04 Å². The van der Waals surface area contributed by atoms with Crippen LogP contribution < -0.4 is 5.32 Å². The summed E-state index contributed by atoms with van der Waals surface area (Å²) < 4.78 is 5.29. The van der Waals surface area contributed by atoms with Gasteiger partial charge in [-0.25, -0.2) is 0 Å². The van der Waals surface area contributed by atoms with Gasteiger partial charge in [0.2, 0.25) is 0 Å². The molecule has 1 fully saturated rings. The van der Waals surface area contributed by atoms with Crippen molar-refractivity contribution in [1.82, 2.24) is 5.32 Å². The Hall–Kier alpha value is -0.0800. The molecule has 0 bridgehead atoms. The number of nitrogens with one attached hydrogen (secondary N) is 1. The van der Waals surface area contributed by atoms with E-state index in [9.17, 15) is 0 Å². The van der Waals surface area contributed by atoms with Gasteiger partial charge in [-0.1, -0.05) is 0 Å². The number of rotatable bonds is 3. The molecule has 1 saturated heterocycles. The van der Waals surface area contributed by atoms with Crippen molar-refractivity contribution in [2.75, 3.05) is 20.3 Å². The van der Waals surface area contributed by atoms with Crippen molar-refractivity contribution in [2.45, 2.75) is 32.2 Å². The summed E-state index contributed by atoms with van der Waals surface area (Å²) in [6.45, 7) is 4.19. The third-order valence-electron chi connectivity index (χ3n) is 2.52. The van der Waals surface area contributed by atoms with Gasteiger partial charge in [-0.05, 0) is 39.2 Å². The first-order valence-corrected chi connectivity index (χ1v) is 4.58. The summed E-state index contributed by atoms with van der Waals surface area (Å²) in [6.07, 6.45) is 3.82. The Kier molecular flexibility index (Phi) is 3.87. The van der Waals surface area contributed by atoms with Crippen LogP contribution in [0.2, 0.25) is 0 Å². The Labute approximate surface area is 69.3 Å². The second kappa shape index (κ2) is 4.73. The summed E-state index contributed by atoms with van der Waals surface area (Å²) in [5.41, 5.74) is 0. The molecule has 0 saturated carbocycles. The third-order valence-corrected chi connectivity index (χ3v) is 2.52. The minimum absolute atomic E-state index is 0.665. The fourth-order valence-electron chi connectivity index (χ4n) is 1.60. The first kappa shape index (κ1) is 9.01. The predicted octanol–water partition coefficient (Wildman–Crippen LogP) is 1.41. The largest absolute Gasteiger partial charge is 0.381 e. The zero-order valence-corrected chi connectivity index (χ0v) is 7.60. The summed E-state index contributed by atoms with van der Waals surface area (Å²) in [5, 5.41) is 3.27. The molecule has 0 radical (unpaired) electrons. The Morgan fingerprint density at radius 3 is 2.64 bits per heavy atom. The highest BCUT2D eigenvalue weighted by atomic mass is 16.5. The van der Waals surface area contributed by atoms with Gasteiger partial charge in [0.15, 0.2) is 0 Å². The average molecular weight is 157 g/mol. The van der Waals surface area contributed by atoms with Crippen LogP contribution in [-0.2, 0) is 4.74 Å². The fraction of sp³-hybridized carbons (Fsp3) is 1.00. The van der Waals surface area contributed by atoms with Gasteiger partial charge < -0.3 is 10.1 Å². The van der Waals surface area contributed by atoms with Crippen molar-refractivity contribution >= 4 is 0 Å². The molecular formula is C9H19NO. The van der Waals surface area contributed by atoms with E-state index in [0.717, 1.165) is 19.1 Å². The summed E-state index contributed by atoms with van der Waals surface area (Å²) in [6, 6.07) is 0.665. The molecule has 11 heavy (non-hydrogen) atoms. The van der Waals surface area contributed by atoms with Crippen molar-refractivity contribution in [3.8, 4) is 0 Å². The molecule has 66 valence electrons.